The largest absolute Gasteiger partial charge is 0.353 e. The average molecular weight is 306 g/mol. The molecule has 2 bridgehead atoms. The Balaban J connectivity index is 2.43. The Bertz CT molecular complexity index is 431. The topological polar surface area (TPSA) is 41.5 Å². The Morgan fingerprint density at radius 1 is 1.41 bits per heavy atom. The Hall–Kier alpha value is -0.860. The Labute approximate surface area is 136 Å². The number of hydrogen-bond acceptors (Lipinski definition) is 2. The van der Waals surface area contributed by atoms with Gasteiger partial charge in [0.05, 0.1) is 12.0 Å². The first-order chi connectivity index (χ1) is 10.4. The van der Waals surface area contributed by atoms with Gasteiger partial charge in [-0.3, -0.25) is 9.79 Å². The predicted octanol–water partition coefficient (Wildman–Crippen LogP) is 4.21. The highest BCUT2D eigenvalue weighted by atomic mass is 16.2. The van der Waals surface area contributed by atoms with Crippen LogP contribution in [-0.2, 0) is 4.79 Å². The van der Waals surface area contributed by atoms with Crippen LogP contribution in [0.4, 0.5) is 0 Å². The SMILES string of the molecule is CCCCC1(CC)/C=N\CC2(C(C)C)CC[C@H]1C(C)NC2=O. The molecule has 0 radical (unpaired) electrons. The predicted molar refractivity (Wildman–Crippen MR) is 93.2 cm³/mol. The van der Waals surface area contributed by atoms with Crippen molar-refractivity contribution >= 4 is 12.1 Å². The number of nitrogens with zero attached hydrogens (tertiary/aromatic N) is 1. The third-order valence-electron chi connectivity index (χ3n) is 6.54. The van der Waals surface area contributed by atoms with Crippen LogP contribution in [0.25, 0.3) is 0 Å². The molecule has 3 unspecified atom stereocenters. The first kappa shape index (κ1) is 17.5. The fourth-order valence-electron chi connectivity index (χ4n) is 4.67. The maximum Gasteiger partial charge on any atom is 0.228 e. The highest BCUT2D eigenvalue weighted by Gasteiger charge is 2.50. The molecule has 0 aromatic heterocycles. The molecule has 2 aliphatic heterocycles. The first-order valence-electron chi connectivity index (χ1n) is 9.24. The number of carbonyl (C=O) groups excluding carboxylic acids is 1. The molecule has 0 spiro atoms. The van der Waals surface area contributed by atoms with Gasteiger partial charge in [0.2, 0.25) is 5.91 Å². The molecule has 3 nitrogen and oxygen atoms in total. The van der Waals surface area contributed by atoms with Gasteiger partial charge in [0.15, 0.2) is 0 Å². The van der Waals surface area contributed by atoms with Crippen molar-refractivity contribution in [3.63, 3.8) is 0 Å². The highest BCUT2D eigenvalue weighted by molar-refractivity contribution is 5.84. The molecule has 1 fully saturated rings. The van der Waals surface area contributed by atoms with Gasteiger partial charge in [-0.05, 0) is 44.4 Å². The molecule has 0 aromatic rings. The fourth-order valence-corrected chi connectivity index (χ4v) is 4.67. The molecule has 2 aliphatic rings. The van der Waals surface area contributed by atoms with E-state index in [1.165, 1.54) is 19.3 Å². The molecular formula is C19H34N2O. The summed E-state index contributed by atoms with van der Waals surface area (Å²) in [6.45, 7) is 11.7. The summed E-state index contributed by atoms with van der Waals surface area (Å²) in [4.78, 5) is 17.7. The van der Waals surface area contributed by atoms with Crippen molar-refractivity contribution in [3.05, 3.63) is 0 Å². The minimum Gasteiger partial charge on any atom is -0.353 e. The zero-order chi connectivity index (χ0) is 16.4. The zero-order valence-electron chi connectivity index (χ0n) is 15.1. The van der Waals surface area contributed by atoms with E-state index in [9.17, 15) is 4.79 Å². The molecule has 126 valence electrons. The summed E-state index contributed by atoms with van der Waals surface area (Å²) in [6, 6.07) is 0.245. The van der Waals surface area contributed by atoms with E-state index in [0.29, 0.717) is 18.4 Å². The summed E-state index contributed by atoms with van der Waals surface area (Å²) >= 11 is 0. The Morgan fingerprint density at radius 2 is 2.14 bits per heavy atom. The maximum atomic E-state index is 12.9. The summed E-state index contributed by atoms with van der Waals surface area (Å²) < 4.78 is 0. The lowest BCUT2D eigenvalue weighted by atomic mass is 9.64. The van der Waals surface area contributed by atoms with E-state index in [4.69, 9.17) is 4.99 Å². The maximum absolute atomic E-state index is 12.9. The van der Waals surface area contributed by atoms with E-state index in [0.717, 1.165) is 19.3 Å². The van der Waals surface area contributed by atoms with Crippen molar-refractivity contribution in [3.8, 4) is 0 Å². The normalized spacial score (nSPS) is 40.0. The van der Waals surface area contributed by atoms with Gasteiger partial charge in [0.1, 0.15) is 0 Å². The third-order valence-corrected chi connectivity index (χ3v) is 6.54. The number of aliphatic imine (C=N–C) groups is 1. The van der Waals surface area contributed by atoms with Gasteiger partial charge in [-0.2, -0.15) is 0 Å². The van der Waals surface area contributed by atoms with E-state index >= 15 is 0 Å². The van der Waals surface area contributed by atoms with Crippen molar-refractivity contribution in [2.75, 3.05) is 6.54 Å². The molecule has 0 saturated carbocycles. The smallest absolute Gasteiger partial charge is 0.228 e. The lowest BCUT2D eigenvalue weighted by molar-refractivity contribution is -0.133. The number of carbonyl (C=O) groups is 1. The van der Waals surface area contributed by atoms with Gasteiger partial charge in [-0.25, -0.2) is 0 Å². The Morgan fingerprint density at radius 3 is 2.73 bits per heavy atom. The van der Waals surface area contributed by atoms with Gasteiger partial charge in [-0.1, -0.05) is 40.5 Å². The van der Waals surface area contributed by atoms with Crippen LogP contribution < -0.4 is 5.32 Å². The average Bonchev–Trinajstić information content (AvgIpc) is 2.56. The van der Waals surface area contributed by atoms with Gasteiger partial charge >= 0.3 is 0 Å². The van der Waals surface area contributed by atoms with Crippen molar-refractivity contribution in [2.24, 2.45) is 27.7 Å². The molecule has 2 heterocycles. The monoisotopic (exact) mass is 306 g/mol. The van der Waals surface area contributed by atoms with E-state index < -0.39 is 0 Å². The second-order valence-corrected chi connectivity index (χ2v) is 7.88. The molecule has 0 aliphatic carbocycles. The molecule has 4 atom stereocenters. The zero-order valence-corrected chi connectivity index (χ0v) is 15.1. The molecular weight excluding hydrogens is 272 g/mol. The summed E-state index contributed by atoms with van der Waals surface area (Å²) in [5, 5.41) is 3.35. The van der Waals surface area contributed by atoms with E-state index in [1.54, 1.807) is 0 Å². The summed E-state index contributed by atoms with van der Waals surface area (Å²) in [7, 11) is 0. The number of nitrogens with one attached hydrogen (secondary N) is 1. The summed E-state index contributed by atoms with van der Waals surface area (Å²) in [5.74, 6) is 1.08. The molecule has 0 aromatic carbocycles. The summed E-state index contributed by atoms with van der Waals surface area (Å²) in [5.41, 5.74) is -0.139. The van der Waals surface area contributed by atoms with Crippen molar-refractivity contribution < 1.29 is 4.79 Å². The van der Waals surface area contributed by atoms with Crippen LogP contribution in [0.5, 0.6) is 0 Å². The van der Waals surface area contributed by atoms with Gasteiger partial charge < -0.3 is 5.32 Å². The van der Waals surface area contributed by atoms with Crippen LogP contribution in [0, 0.1) is 22.7 Å². The van der Waals surface area contributed by atoms with E-state index in [1.807, 2.05) is 0 Å². The number of fused-ring (bicyclic) bond motifs is 3. The van der Waals surface area contributed by atoms with Gasteiger partial charge in [0.25, 0.3) is 0 Å². The van der Waals surface area contributed by atoms with Crippen LogP contribution in [0.1, 0.15) is 73.1 Å². The highest BCUT2D eigenvalue weighted by Crippen LogP contribution is 2.47. The van der Waals surface area contributed by atoms with Crippen LogP contribution in [0.2, 0.25) is 0 Å². The van der Waals surface area contributed by atoms with Crippen molar-refractivity contribution in [1.29, 1.82) is 0 Å². The number of rotatable bonds is 5. The van der Waals surface area contributed by atoms with Crippen LogP contribution in [-0.4, -0.2) is 24.7 Å². The van der Waals surface area contributed by atoms with Crippen molar-refractivity contribution in [1.82, 2.24) is 5.32 Å². The van der Waals surface area contributed by atoms with Crippen molar-refractivity contribution in [2.45, 2.75) is 79.2 Å². The minimum atomic E-state index is -0.301. The standard InChI is InChI=1S/C19H34N2O/c1-6-8-10-18(7-2)12-20-13-19(14(3)4)11-9-16(18)15(5)21-17(19)22/h12,14-16H,6-11,13H2,1-5H3,(H,21,22)/b20-12-/t15?,16-,18?,19?/m0/s1. The minimum absolute atomic E-state index is 0.163. The molecule has 2 rings (SSSR count). The van der Waals surface area contributed by atoms with Crippen LogP contribution in [0.15, 0.2) is 4.99 Å². The molecule has 1 saturated heterocycles. The third kappa shape index (κ3) is 2.83. The quantitative estimate of drug-likeness (QED) is 0.812. The van der Waals surface area contributed by atoms with Crippen LogP contribution >= 0.6 is 0 Å². The van der Waals surface area contributed by atoms with E-state index in [-0.39, 0.29) is 22.8 Å². The second-order valence-electron chi connectivity index (χ2n) is 7.88. The Kier molecular flexibility index (Phi) is 5.34. The van der Waals surface area contributed by atoms with Gasteiger partial charge in [-0.15, -0.1) is 0 Å². The van der Waals surface area contributed by atoms with Gasteiger partial charge in [0, 0.05) is 17.7 Å². The first-order valence-corrected chi connectivity index (χ1v) is 9.24. The molecule has 1 amide bonds. The lowest BCUT2D eigenvalue weighted by Gasteiger charge is -2.41. The molecule has 3 heteroatoms. The fraction of sp³-hybridized carbons (Fsp3) is 0.895. The number of unbranched alkanes of at least 4 members (excludes halogenated alkanes) is 1. The van der Waals surface area contributed by atoms with E-state index in [2.05, 4.69) is 46.2 Å². The molecule has 1 N–H and O–H groups in total. The number of amides is 1. The van der Waals surface area contributed by atoms with Crippen LogP contribution in [0.3, 0.4) is 0 Å². The lowest BCUT2D eigenvalue weighted by Crippen LogP contribution is -2.48. The number of hydrogen-bond donors (Lipinski definition) is 1. The summed E-state index contributed by atoms with van der Waals surface area (Å²) in [6.07, 6.45) is 9.16. The second kappa shape index (κ2) is 6.72. The molecule has 22 heavy (non-hydrogen) atoms.